The van der Waals surface area contributed by atoms with Crippen molar-refractivity contribution in [3.05, 3.63) is 34.9 Å². The summed E-state index contributed by atoms with van der Waals surface area (Å²) >= 11 is 0. The molecule has 1 fully saturated rings. The van der Waals surface area contributed by atoms with E-state index in [1.807, 2.05) is 32.0 Å². The molecule has 0 saturated carbocycles. The predicted molar refractivity (Wildman–Crippen MR) is 72.2 cm³/mol. The van der Waals surface area contributed by atoms with E-state index in [4.69, 9.17) is 5.11 Å². The molecule has 1 N–H and O–H groups in total. The van der Waals surface area contributed by atoms with Crippen LogP contribution in [0.2, 0.25) is 0 Å². The van der Waals surface area contributed by atoms with E-state index < -0.39 is 11.9 Å². The third kappa shape index (κ3) is 2.71. The second kappa shape index (κ2) is 5.45. The van der Waals surface area contributed by atoms with Gasteiger partial charge in [0, 0.05) is 13.0 Å². The fourth-order valence-electron chi connectivity index (χ4n) is 2.50. The van der Waals surface area contributed by atoms with Crippen LogP contribution in [-0.2, 0) is 14.4 Å². The number of carbonyl (C=O) groups excluding carboxylic acids is 2. The number of imide groups is 1. The van der Waals surface area contributed by atoms with Crippen LogP contribution in [0.4, 0.5) is 0 Å². The molecule has 5 nitrogen and oxygen atoms in total. The monoisotopic (exact) mass is 275 g/mol. The number of aryl methyl sites for hydroxylation is 2. The first-order valence-electron chi connectivity index (χ1n) is 6.53. The summed E-state index contributed by atoms with van der Waals surface area (Å²) in [5, 5.41) is 8.66. The molecule has 20 heavy (non-hydrogen) atoms. The van der Waals surface area contributed by atoms with Gasteiger partial charge in [0.25, 0.3) is 0 Å². The average Bonchev–Trinajstić information content (AvgIpc) is 2.65. The van der Waals surface area contributed by atoms with E-state index in [2.05, 4.69) is 0 Å². The molecular formula is C15H17NO4. The van der Waals surface area contributed by atoms with Gasteiger partial charge in [-0.3, -0.25) is 19.3 Å². The number of carboxylic acid groups (broad SMARTS) is 1. The van der Waals surface area contributed by atoms with Crippen molar-refractivity contribution in [2.45, 2.75) is 32.6 Å². The molecule has 1 saturated heterocycles. The third-order valence-electron chi connectivity index (χ3n) is 3.60. The Bertz CT molecular complexity index is 579. The molecule has 2 rings (SSSR count). The lowest BCUT2D eigenvalue weighted by atomic mass is 9.92. The van der Waals surface area contributed by atoms with Crippen molar-refractivity contribution in [1.82, 2.24) is 4.90 Å². The van der Waals surface area contributed by atoms with E-state index in [-0.39, 0.29) is 31.2 Å². The van der Waals surface area contributed by atoms with E-state index in [0.717, 1.165) is 21.6 Å². The lowest BCUT2D eigenvalue weighted by molar-refractivity contribution is -0.141. The maximum absolute atomic E-state index is 12.3. The molecule has 1 aromatic rings. The first kappa shape index (κ1) is 14.2. The molecule has 1 aliphatic heterocycles. The van der Waals surface area contributed by atoms with E-state index in [1.165, 1.54) is 0 Å². The molecule has 0 aliphatic carbocycles. The van der Waals surface area contributed by atoms with Crippen LogP contribution in [0.15, 0.2) is 18.2 Å². The van der Waals surface area contributed by atoms with Crippen LogP contribution in [0.25, 0.3) is 0 Å². The highest BCUT2D eigenvalue weighted by atomic mass is 16.4. The van der Waals surface area contributed by atoms with Crippen molar-refractivity contribution in [2.75, 3.05) is 6.54 Å². The van der Waals surface area contributed by atoms with Gasteiger partial charge in [-0.25, -0.2) is 0 Å². The van der Waals surface area contributed by atoms with Gasteiger partial charge >= 0.3 is 5.97 Å². The quantitative estimate of drug-likeness (QED) is 0.847. The highest BCUT2D eigenvalue weighted by Crippen LogP contribution is 2.32. The number of carboxylic acids is 1. The molecule has 106 valence electrons. The fourth-order valence-corrected chi connectivity index (χ4v) is 2.50. The first-order valence-corrected chi connectivity index (χ1v) is 6.53. The summed E-state index contributed by atoms with van der Waals surface area (Å²) in [7, 11) is 0. The molecule has 0 bridgehead atoms. The number of carbonyl (C=O) groups is 3. The standard InChI is InChI=1S/C15H17NO4/c1-9-3-4-10(2)11(7-9)12-8-13(17)16(15(12)20)6-5-14(18)19/h3-4,7,12H,5-6,8H2,1-2H3,(H,18,19). The normalized spacial score (nSPS) is 18.7. The smallest absolute Gasteiger partial charge is 0.305 e. The van der Waals surface area contributed by atoms with Crippen molar-refractivity contribution in [1.29, 1.82) is 0 Å². The molecule has 0 aromatic heterocycles. The van der Waals surface area contributed by atoms with E-state index >= 15 is 0 Å². The number of benzene rings is 1. The molecule has 1 heterocycles. The highest BCUT2D eigenvalue weighted by Gasteiger charge is 2.39. The van der Waals surface area contributed by atoms with Gasteiger partial charge < -0.3 is 5.11 Å². The summed E-state index contributed by atoms with van der Waals surface area (Å²) in [6.07, 6.45) is -0.0836. The Kier molecular flexibility index (Phi) is 3.88. The molecular weight excluding hydrogens is 258 g/mol. The minimum Gasteiger partial charge on any atom is -0.481 e. The first-order chi connectivity index (χ1) is 9.40. The van der Waals surface area contributed by atoms with Crippen LogP contribution in [0, 0.1) is 13.8 Å². The topological polar surface area (TPSA) is 74.7 Å². The number of hydrogen-bond acceptors (Lipinski definition) is 3. The summed E-state index contributed by atoms with van der Waals surface area (Å²) < 4.78 is 0. The predicted octanol–water partition coefficient (Wildman–Crippen LogP) is 1.62. The fraction of sp³-hybridized carbons (Fsp3) is 0.400. The van der Waals surface area contributed by atoms with Gasteiger partial charge in [0.1, 0.15) is 0 Å². The lowest BCUT2D eigenvalue weighted by Gasteiger charge is -2.15. The van der Waals surface area contributed by atoms with Gasteiger partial charge in [-0.15, -0.1) is 0 Å². The summed E-state index contributed by atoms with van der Waals surface area (Å²) in [4.78, 5) is 35.8. The average molecular weight is 275 g/mol. The Balaban J connectivity index is 2.23. The summed E-state index contributed by atoms with van der Waals surface area (Å²) in [5.74, 6) is -2.07. The van der Waals surface area contributed by atoms with E-state index in [0.29, 0.717) is 0 Å². The number of aliphatic carboxylic acids is 1. The van der Waals surface area contributed by atoms with Crippen molar-refractivity contribution >= 4 is 17.8 Å². The van der Waals surface area contributed by atoms with Gasteiger partial charge in [-0.2, -0.15) is 0 Å². The maximum atomic E-state index is 12.3. The summed E-state index contributed by atoms with van der Waals surface area (Å²) in [6, 6.07) is 5.82. The number of likely N-dealkylation sites (tertiary alicyclic amines) is 1. The SMILES string of the molecule is Cc1ccc(C)c(C2CC(=O)N(CCC(=O)O)C2=O)c1. The second-order valence-electron chi connectivity index (χ2n) is 5.14. The van der Waals surface area contributed by atoms with Crippen molar-refractivity contribution < 1.29 is 19.5 Å². The molecule has 2 amide bonds. The van der Waals surface area contributed by atoms with E-state index in [1.54, 1.807) is 0 Å². The Hall–Kier alpha value is -2.17. The summed E-state index contributed by atoms with van der Waals surface area (Å²) in [5.41, 5.74) is 2.87. The second-order valence-corrected chi connectivity index (χ2v) is 5.14. The maximum Gasteiger partial charge on any atom is 0.305 e. The minimum atomic E-state index is -1.01. The van der Waals surface area contributed by atoms with Gasteiger partial charge in [-0.05, 0) is 25.0 Å². The van der Waals surface area contributed by atoms with Gasteiger partial charge in [0.2, 0.25) is 11.8 Å². The zero-order valence-electron chi connectivity index (χ0n) is 11.5. The minimum absolute atomic E-state index is 0.0473. The molecule has 1 aromatic carbocycles. The van der Waals surface area contributed by atoms with Gasteiger partial charge in [0.15, 0.2) is 0 Å². The molecule has 1 atom stereocenters. The van der Waals surface area contributed by atoms with Crippen LogP contribution < -0.4 is 0 Å². The zero-order chi connectivity index (χ0) is 14.9. The van der Waals surface area contributed by atoms with Gasteiger partial charge in [-0.1, -0.05) is 23.8 Å². The molecule has 0 spiro atoms. The molecule has 5 heteroatoms. The van der Waals surface area contributed by atoms with Crippen molar-refractivity contribution in [3.8, 4) is 0 Å². The van der Waals surface area contributed by atoms with Crippen LogP contribution in [-0.4, -0.2) is 34.3 Å². The molecule has 1 unspecified atom stereocenters. The van der Waals surface area contributed by atoms with Gasteiger partial charge in [0.05, 0.1) is 12.3 Å². The number of rotatable bonds is 4. The Morgan fingerprint density at radius 3 is 2.70 bits per heavy atom. The lowest BCUT2D eigenvalue weighted by Crippen LogP contribution is -2.32. The number of nitrogens with zero attached hydrogens (tertiary/aromatic N) is 1. The van der Waals surface area contributed by atoms with Crippen molar-refractivity contribution in [2.24, 2.45) is 0 Å². The Labute approximate surface area is 117 Å². The zero-order valence-corrected chi connectivity index (χ0v) is 11.5. The third-order valence-corrected chi connectivity index (χ3v) is 3.60. The number of hydrogen-bond donors (Lipinski definition) is 1. The van der Waals surface area contributed by atoms with Crippen LogP contribution in [0.3, 0.4) is 0 Å². The largest absolute Gasteiger partial charge is 0.481 e. The van der Waals surface area contributed by atoms with Crippen molar-refractivity contribution in [3.63, 3.8) is 0 Å². The number of amides is 2. The Morgan fingerprint density at radius 2 is 2.05 bits per heavy atom. The highest BCUT2D eigenvalue weighted by molar-refractivity contribution is 6.06. The summed E-state index contributed by atoms with van der Waals surface area (Å²) in [6.45, 7) is 3.80. The molecule has 1 aliphatic rings. The Morgan fingerprint density at radius 1 is 1.35 bits per heavy atom. The van der Waals surface area contributed by atoms with E-state index in [9.17, 15) is 14.4 Å². The molecule has 0 radical (unpaired) electrons. The van der Waals surface area contributed by atoms with Crippen LogP contribution >= 0.6 is 0 Å². The van der Waals surface area contributed by atoms with Crippen LogP contribution in [0.5, 0.6) is 0 Å². The van der Waals surface area contributed by atoms with Crippen LogP contribution in [0.1, 0.15) is 35.4 Å².